The summed E-state index contributed by atoms with van der Waals surface area (Å²) in [5.41, 5.74) is 0.370. The molecule has 1 aromatic rings. The van der Waals surface area contributed by atoms with Crippen LogP contribution in [-0.2, 0) is 14.3 Å². The van der Waals surface area contributed by atoms with Crippen LogP contribution in [0.1, 0.15) is 30.1 Å². The molecule has 27 heavy (non-hydrogen) atoms. The number of amides is 2. The van der Waals surface area contributed by atoms with Gasteiger partial charge in [0.15, 0.2) is 0 Å². The van der Waals surface area contributed by atoms with Crippen LogP contribution in [0.4, 0.5) is 5.00 Å². The molecule has 9 heteroatoms. The van der Waals surface area contributed by atoms with Gasteiger partial charge < -0.3 is 15.0 Å². The molecule has 0 aromatic carbocycles. The van der Waals surface area contributed by atoms with Gasteiger partial charge in [0, 0.05) is 24.6 Å². The normalized spacial score (nSPS) is 20.5. The Morgan fingerprint density at radius 2 is 2.04 bits per heavy atom. The van der Waals surface area contributed by atoms with Crippen molar-refractivity contribution in [1.29, 1.82) is 0 Å². The minimum absolute atomic E-state index is 0.143. The molecular weight excluding hydrogens is 386 g/mol. The van der Waals surface area contributed by atoms with Crippen LogP contribution in [0.15, 0.2) is 11.4 Å². The van der Waals surface area contributed by atoms with Crippen LogP contribution in [-0.4, -0.2) is 77.9 Å². The number of carbonyl (C=O) groups is 3. The van der Waals surface area contributed by atoms with Crippen LogP contribution in [0.2, 0.25) is 0 Å². The second-order valence-electron chi connectivity index (χ2n) is 6.50. The van der Waals surface area contributed by atoms with Crippen LogP contribution < -0.4 is 5.32 Å². The van der Waals surface area contributed by atoms with Crippen molar-refractivity contribution >= 4 is 45.9 Å². The van der Waals surface area contributed by atoms with E-state index in [9.17, 15) is 14.4 Å². The van der Waals surface area contributed by atoms with Crippen molar-refractivity contribution in [3.05, 3.63) is 17.0 Å². The Morgan fingerprint density at radius 1 is 1.26 bits per heavy atom. The smallest absolute Gasteiger partial charge is 0.341 e. The van der Waals surface area contributed by atoms with Crippen LogP contribution in [0.3, 0.4) is 0 Å². The molecule has 3 heterocycles. The molecule has 1 atom stereocenters. The van der Waals surface area contributed by atoms with Gasteiger partial charge in [-0.1, -0.05) is 0 Å². The molecule has 1 unspecified atom stereocenters. The summed E-state index contributed by atoms with van der Waals surface area (Å²) in [4.78, 5) is 41.1. The summed E-state index contributed by atoms with van der Waals surface area (Å²) in [5, 5.41) is 5.05. The molecule has 1 aromatic heterocycles. The van der Waals surface area contributed by atoms with Gasteiger partial charge in [0.2, 0.25) is 11.8 Å². The van der Waals surface area contributed by atoms with Crippen LogP contribution in [0, 0.1) is 0 Å². The molecule has 0 aliphatic carbocycles. The van der Waals surface area contributed by atoms with Gasteiger partial charge in [0.25, 0.3) is 0 Å². The van der Waals surface area contributed by atoms with Gasteiger partial charge in [-0.2, -0.15) is 11.8 Å². The number of nitrogens with one attached hydrogen (secondary N) is 1. The molecule has 1 N–H and O–H groups in total. The summed E-state index contributed by atoms with van der Waals surface area (Å²) in [7, 11) is 0. The number of carbonyl (C=O) groups excluding carboxylic acids is 3. The van der Waals surface area contributed by atoms with Crippen molar-refractivity contribution in [2.24, 2.45) is 0 Å². The van der Waals surface area contributed by atoms with Crippen molar-refractivity contribution < 1.29 is 19.1 Å². The van der Waals surface area contributed by atoms with Gasteiger partial charge in [-0.3, -0.25) is 14.5 Å². The van der Waals surface area contributed by atoms with Crippen LogP contribution in [0.5, 0.6) is 0 Å². The van der Waals surface area contributed by atoms with E-state index in [2.05, 4.69) is 5.32 Å². The number of likely N-dealkylation sites (tertiary alicyclic amines) is 1. The molecule has 0 saturated carbocycles. The molecule has 2 fully saturated rings. The molecule has 0 bridgehead atoms. The van der Waals surface area contributed by atoms with Crippen molar-refractivity contribution in [3.63, 3.8) is 0 Å². The van der Waals surface area contributed by atoms with Gasteiger partial charge >= 0.3 is 5.97 Å². The Labute approximate surface area is 167 Å². The summed E-state index contributed by atoms with van der Waals surface area (Å²) in [6.45, 7) is 4.50. The van der Waals surface area contributed by atoms with Crippen molar-refractivity contribution in [2.45, 2.75) is 25.8 Å². The lowest BCUT2D eigenvalue weighted by Crippen LogP contribution is -2.49. The van der Waals surface area contributed by atoms with Gasteiger partial charge in [-0.05, 0) is 37.8 Å². The lowest BCUT2D eigenvalue weighted by molar-refractivity contribution is -0.136. The average molecular weight is 412 g/mol. The Morgan fingerprint density at radius 3 is 2.78 bits per heavy atom. The van der Waals surface area contributed by atoms with Crippen LogP contribution in [0.25, 0.3) is 0 Å². The van der Waals surface area contributed by atoms with E-state index in [0.717, 1.165) is 44.0 Å². The second kappa shape index (κ2) is 9.57. The predicted octanol–water partition coefficient (Wildman–Crippen LogP) is 1.90. The SMILES string of the molecule is CCOC(=O)c1ccsc1NC(=O)CN1CCCC1C(=O)N1CCSCC1. The van der Waals surface area contributed by atoms with Crippen molar-refractivity contribution in [3.8, 4) is 0 Å². The summed E-state index contributed by atoms with van der Waals surface area (Å²) in [6, 6.07) is 1.43. The number of ether oxygens (including phenoxy) is 1. The molecule has 148 valence electrons. The third kappa shape index (κ3) is 5.03. The standard InChI is InChI=1S/C18H25N3O4S2/c1-2-25-18(24)13-5-9-27-16(13)19-15(22)12-21-6-3-4-14(21)17(23)20-7-10-26-11-8-20/h5,9,14H,2-4,6-8,10-12H2,1H3,(H,19,22). The molecule has 2 aliphatic rings. The minimum Gasteiger partial charge on any atom is -0.462 e. The van der Waals surface area contributed by atoms with Crippen molar-refractivity contribution in [2.75, 3.05) is 49.6 Å². The first-order valence-corrected chi connectivity index (χ1v) is 11.3. The maximum Gasteiger partial charge on any atom is 0.341 e. The Kier molecular flexibility index (Phi) is 7.14. The fourth-order valence-corrected chi connectivity index (χ4v) is 5.11. The molecular formula is C18H25N3O4S2. The molecule has 2 amide bonds. The maximum atomic E-state index is 12.8. The molecule has 2 saturated heterocycles. The van der Waals surface area contributed by atoms with E-state index in [0.29, 0.717) is 10.6 Å². The Balaban J connectivity index is 1.58. The fourth-order valence-electron chi connectivity index (χ4n) is 3.42. The van der Waals surface area contributed by atoms with Gasteiger partial charge in [-0.25, -0.2) is 4.79 Å². The molecule has 2 aliphatic heterocycles. The highest BCUT2D eigenvalue weighted by molar-refractivity contribution is 7.99. The first-order valence-electron chi connectivity index (χ1n) is 9.25. The number of rotatable bonds is 6. The number of nitrogens with zero attached hydrogens (tertiary/aromatic N) is 2. The summed E-state index contributed by atoms with van der Waals surface area (Å²) in [6.07, 6.45) is 1.71. The highest BCUT2D eigenvalue weighted by Crippen LogP contribution is 2.25. The Bertz CT molecular complexity index is 688. The highest BCUT2D eigenvalue weighted by atomic mass is 32.2. The number of hydrogen-bond acceptors (Lipinski definition) is 7. The first kappa shape index (κ1) is 20.2. The third-order valence-corrected chi connectivity index (χ3v) is 6.50. The number of anilines is 1. The number of esters is 1. The number of thioether (sulfide) groups is 1. The van der Waals surface area contributed by atoms with Crippen LogP contribution >= 0.6 is 23.1 Å². The van der Waals surface area contributed by atoms with Gasteiger partial charge in [-0.15, -0.1) is 11.3 Å². The van der Waals surface area contributed by atoms with E-state index in [1.54, 1.807) is 18.4 Å². The molecule has 0 radical (unpaired) electrons. The topological polar surface area (TPSA) is 79.0 Å². The first-order chi connectivity index (χ1) is 13.1. The van der Waals surface area contributed by atoms with E-state index in [1.165, 1.54) is 11.3 Å². The second-order valence-corrected chi connectivity index (χ2v) is 8.64. The van der Waals surface area contributed by atoms with E-state index in [-0.39, 0.29) is 31.0 Å². The zero-order valence-electron chi connectivity index (χ0n) is 15.4. The lowest BCUT2D eigenvalue weighted by atomic mass is 10.2. The zero-order chi connectivity index (χ0) is 19.2. The zero-order valence-corrected chi connectivity index (χ0v) is 17.1. The molecule has 7 nitrogen and oxygen atoms in total. The number of hydrogen-bond donors (Lipinski definition) is 1. The van der Waals surface area contributed by atoms with Gasteiger partial charge in [0.1, 0.15) is 5.00 Å². The maximum absolute atomic E-state index is 12.8. The van der Waals surface area contributed by atoms with Gasteiger partial charge in [0.05, 0.1) is 24.8 Å². The van der Waals surface area contributed by atoms with Crippen molar-refractivity contribution in [1.82, 2.24) is 9.80 Å². The minimum atomic E-state index is -0.439. The number of thiophene rings is 1. The highest BCUT2D eigenvalue weighted by Gasteiger charge is 2.35. The summed E-state index contributed by atoms with van der Waals surface area (Å²) >= 11 is 3.16. The summed E-state index contributed by atoms with van der Waals surface area (Å²) < 4.78 is 5.01. The lowest BCUT2D eigenvalue weighted by Gasteiger charge is -2.32. The molecule has 0 spiro atoms. The molecule has 3 rings (SSSR count). The largest absolute Gasteiger partial charge is 0.462 e. The van der Waals surface area contributed by atoms with E-state index in [4.69, 9.17) is 4.74 Å². The predicted molar refractivity (Wildman–Crippen MR) is 107 cm³/mol. The fraction of sp³-hybridized carbons (Fsp3) is 0.611. The van der Waals surface area contributed by atoms with E-state index in [1.807, 2.05) is 21.6 Å². The Hall–Kier alpha value is -1.58. The summed E-state index contributed by atoms with van der Waals surface area (Å²) in [5.74, 6) is 1.45. The third-order valence-electron chi connectivity index (χ3n) is 4.73. The quantitative estimate of drug-likeness (QED) is 0.721. The average Bonchev–Trinajstić information content (AvgIpc) is 3.31. The monoisotopic (exact) mass is 411 g/mol. The van der Waals surface area contributed by atoms with E-state index < -0.39 is 5.97 Å². The van der Waals surface area contributed by atoms with E-state index >= 15 is 0 Å².